The SMILES string of the molecule is C[C-](C)N.[Ru+]. The largest absolute Gasteiger partial charge is 1.00 e. The molecule has 0 atom stereocenters. The van der Waals surface area contributed by atoms with Gasteiger partial charge in [0.15, 0.2) is 0 Å². The van der Waals surface area contributed by atoms with Crippen LogP contribution in [0.25, 0.3) is 0 Å². The standard InChI is InChI=1S/C3H8N.Ru/c1-3(2)4;/h4H2,1-2H3;/q-1;+1. The second-order valence-corrected chi connectivity index (χ2v) is 1.08. The number of nitrogens with two attached hydrogens (primary N) is 1. The molecule has 0 aliphatic heterocycles. The Morgan fingerprint density at radius 3 is 1.40 bits per heavy atom. The van der Waals surface area contributed by atoms with Crippen LogP contribution in [0.5, 0.6) is 0 Å². The minimum atomic E-state index is 0. The average molecular weight is 159 g/mol. The third kappa shape index (κ3) is 89.9. The Labute approximate surface area is 45.7 Å². The molecule has 1 radical (unpaired) electrons. The van der Waals surface area contributed by atoms with Crippen molar-refractivity contribution in [2.75, 3.05) is 0 Å². The number of hydrogen-bond acceptors (Lipinski definition) is 1. The maximum Gasteiger partial charge on any atom is 1.00 e. The molecule has 0 heterocycles. The summed E-state index contributed by atoms with van der Waals surface area (Å²) in [5.41, 5.74) is 5.03. The smallest absolute Gasteiger partial charge is 0.481 e. The van der Waals surface area contributed by atoms with Crippen molar-refractivity contribution in [3.05, 3.63) is 6.04 Å². The van der Waals surface area contributed by atoms with Gasteiger partial charge in [0, 0.05) is 0 Å². The maximum atomic E-state index is 5.03. The van der Waals surface area contributed by atoms with E-state index in [0.29, 0.717) is 0 Å². The fourth-order valence-corrected chi connectivity index (χ4v) is 0. The topological polar surface area (TPSA) is 26.0 Å². The van der Waals surface area contributed by atoms with Crippen molar-refractivity contribution in [3.8, 4) is 0 Å². The van der Waals surface area contributed by atoms with E-state index < -0.39 is 0 Å². The second-order valence-electron chi connectivity index (χ2n) is 1.08. The number of rotatable bonds is 0. The zero-order chi connectivity index (χ0) is 3.58. The first-order valence-electron chi connectivity index (χ1n) is 1.29. The van der Waals surface area contributed by atoms with Crippen molar-refractivity contribution in [2.24, 2.45) is 5.73 Å². The molecule has 0 spiro atoms. The van der Waals surface area contributed by atoms with Crippen LogP contribution in [0.2, 0.25) is 0 Å². The quantitative estimate of drug-likeness (QED) is 0.404. The summed E-state index contributed by atoms with van der Waals surface area (Å²) < 4.78 is 0. The van der Waals surface area contributed by atoms with Gasteiger partial charge >= 0.3 is 19.5 Å². The van der Waals surface area contributed by atoms with Crippen LogP contribution >= 0.6 is 0 Å². The fraction of sp³-hybridized carbons (Fsp3) is 0.667. The third-order valence-electron chi connectivity index (χ3n) is 0. The molecule has 0 aromatic rings. The van der Waals surface area contributed by atoms with E-state index >= 15 is 0 Å². The molecule has 0 saturated heterocycles. The van der Waals surface area contributed by atoms with Crippen LogP contribution in [0, 0.1) is 6.04 Å². The first-order chi connectivity index (χ1) is 1.73. The molecule has 1 nitrogen and oxygen atoms in total. The van der Waals surface area contributed by atoms with E-state index in [1.807, 2.05) is 13.8 Å². The first kappa shape index (κ1) is 9.13. The van der Waals surface area contributed by atoms with E-state index in [9.17, 15) is 0 Å². The van der Waals surface area contributed by atoms with E-state index in [1.165, 1.54) is 0 Å². The molecule has 2 N–H and O–H groups in total. The molecular formula is C3H8NRu. The van der Waals surface area contributed by atoms with Crippen LogP contribution < -0.4 is 5.73 Å². The van der Waals surface area contributed by atoms with Gasteiger partial charge in [-0.15, -0.1) is 0 Å². The third-order valence-corrected chi connectivity index (χ3v) is 0. The molecular weight excluding hydrogens is 151 g/mol. The predicted molar refractivity (Wildman–Crippen MR) is 18.8 cm³/mol. The first-order valence-corrected chi connectivity index (χ1v) is 1.29. The minimum absolute atomic E-state index is 0. The summed E-state index contributed by atoms with van der Waals surface area (Å²) in [6.07, 6.45) is 0. The van der Waals surface area contributed by atoms with Crippen molar-refractivity contribution in [1.29, 1.82) is 0 Å². The average Bonchev–Trinajstić information content (AvgIpc) is 0.811. The van der Waals surface area contributed by atoms with E-state index in [2.05, 4.69) is 0 Å². The fourth-order valence-electron chi connectivity index (χ4n) is 0. The van der Waals surface area contributed by atoms with Crippen LogP contribution in [0.15, 0.2) is 0 Å². The van der Waals surface area contributed by atoms with Crippen LogP contribution in [-0.4, -0.2) is 0 Å². The molecule has 0 aliphatic rings. The van der Waals surface area contributed by atoms with E-state index in [4.69, 9.17) is 5.73 Å². The van der Waals surface area contributed by atoms with E-state index in [0.717, 1.165) is 6.04 Å². The normalized spacial score (nSPS) is 7.20. The molecule has 0 bridgehead atoms. The van der Waals surface area contributed by atoms with Gasteiger partial charge in [0.05, 0.1) is 0 Å². The van der Waals surface area contributed by atoms with E-state index in [-0.39, 0.29) is 19.5 Å². The van der Waals surface area contributed by atoms with Gasteiger partial charge < -0.3 is 5.73 Å². The van der Waals surface area contributed by atoms with Gasteiger partial charge in [0.25, 0.3) is 0 Å². The Balaban J connectivity index is 0. The number of hydrogen-bond donors (Lipinski definition) is 1. The van der Waals surface area contributed by atoms with Crippen LogP contribution in [-0.2, 0) is 19.5 Å². The molecule has 0 unspecified atom stereocenters. The molecule has 2 heteroatoms. The summed E-state index contributed by atoms with van der Waals surface area (Å²) in [5, 5.41) is 0. The Bertz CT molecular complexity index is 11.6. The van der Waals surface area contributed by atoms with Gasteiger partial charge in [0.1, 0.15) is 0 Å². The summed E-state index contributed by atoms with van der Waals surface area (Å²) >= 11 is 0. The predicted octanol–water partition coefficient (Wildman–Crippen LogP) is 0.514. The van der Waals surface area contributed by atoms with Crippen LogP contribution in [0.4, 0.5) is 0 Å². The molecule has 33 valence electrons. The van der Waals surface area contributed by atoms with Gasteiger partial charge in [0.2, 0.25) is 0 Å². The van der Waals surface area contributed by atoms with Gasteiger partial charge in [-0.05, 0) is 0 Å². The molecule has 0 aromatic heterocycles. The monoisotopic (exact) mass is 160 g/mol. The molecule has 0 aliphatic carbocycles. The molecule has 0 rings (SSSR count). The van der Waals surface area contributed by atoms with Gasteiger partial charge in [-0.3, -0.25) is 6.04 Å². The van der Waals surface area contributed by atoms with Crippen molar-refractivity contribution in [1.82, 2.24) is 0 Å². The van der Waals surface area contributed by atoms with Crippen molar-refractivity contribution in [3.63, 3.8) is 0 Å². The molecule has 0 saturated carbocycles. The van der Waals surface area contributed by atoms with E-state index in [1.54, 1.807) is 0 Å². The van der Waals surface area contributed by atoms with Crippen molar-refractivity contribution in [2.45, 2.75) is 13.8 Å². The Morgan fingerprint density at radius 1 is 1.40 bits per heavy atom. The molecule has 0 aromatic carbocycles. The molecule has 5 heavy (non-hydrogen) atoms. The van der Waals surface area contributed by atoms with Crippen molar-refractivity contribution < 1.29 is 19.5 Å². The van der Waals surface area contributed by atoms with Crippen molar-refractivity contribution >= 4 is 0 Å². The summed E-state index contributed by atoms with van der Waals surface area (Å²) in [4.78, 5) is 0. The second kappa shape index (κ2) is 4.58. The minimum Gasteiger partial charge on any atom is -0.481 e. The summed E-state index contributed by atoms with van der Waals surface area (Å²) in [6, 6.07) is 0.917. The molecule has 0 fully saturated rings. The summed E-state index contributed by atoms with van der Waals surface area (Å²) in [5.74, 6) is 0. The summed E-state index contributed by atoms with van der Waals surface area (Å²) in [6.45, 7) is 3.72. The van der Waals surface area contributed by atoms with Gasteiger partial charge in [-0.1, -0.05) is 0 Å². The van der Waals surface area contributed by atoms with Crippen LogP contribution in [0.3, 0.4) is 0 Å². The Morgan fingerprint density at radius 2 is 1.40 bits per heavy atom. The maximum absolute atomic E-state index is 5.03. The van der Waals surface area contributed by atoms with Gasteiger partial charge in [-0.25, -0.2) is 0 Å². The zero-order valence-electron chi connectivity index (χ0n) is 3.43. The van der Waals surface area contributed by atoms with Gasteiger partial charge in [-0.2, -0.15) is 13.8 Å². The zero-order valence-corrected chi connectivity index (χ0v) is 5.17. The molecule has 0 amide bonds. The Hall–Kier alpha value is 0.583. The van der Waals surface area contributed by atoms with Crippen LogP contribution in [0.1, 0.15) is 13.8 Å². The summed E-state index contributed by atoms with van der Waals surface area (Å²) in [7, 11) is 0. The Kier molecular flexibility index (Phi) is 8.37.